The quantitative estimate of drug-likeness (QED) is 0.109. The highest BCUT2D eigenvalue weighted by atomic mass is 16.5. The van der Waals surface area contributed by atoms with Gasteiger partial charge in [-0.05, 0) is 125 Å². The van der Waals surface area contributed by atoms with Gasteiger partial charge in [0.1, 0.15) is 28.1 Å². The lowest BCUT2D eigenvalue weighted by molar-refractivity contribution is 0.132. The van der Waals surface area contributed by atoms with Gasteiger partial charge in [0.2, 0.25) is 0 Å². The number of ether oxygens (including phenoxy) is 2. The Labute approximate surface area is 293 Å². The van der Waals surface area contributed by atoms with E-state index in [1.807, 2.05) is 0 Å². The Hall–Kier alpha value is -5.06. The Morgan fingerprint density at radius 1 is 0.440 bits per heavy atom. The first-order valence-electron chi connectivity index (χ1n) is 18.3. The molecule has 2 aromatic heterocycles. The van der Waals surface area contributed by atoms with Crippen molar-refractivity contribution in [3.8, 4) is 28.0 Å². The largest absolute Gasteiger partial charge is 0.494 e. The summed E-state index contributed by atoms with van der Waals surface area (Å²) in [6.45, 7) is 6.80. The van der Waals surface area contributed by atoms with Gasteiger partial charge in [-0.15, -0.1) is 0 Å². The van der Waals surface area contributed by atoms with Crippen LogP contribution in [0.5, 0.6) is 5.75 Å². The molecule has 0 N–H and O–H groups in total. The number of aryl methyl sites for hydroxylation is 1. The lowest BCUT2D eigenvalue weighted by atomic mass is 9.96. The molecule has 0 unspecified atom stereocenters. The highest BCUT2D eigenvalue weighted by molar-refractivity contribution is 6.27. The fourth-order valence-electron chi connectivity index (χ4n) is 7.27. The molecule has 0 aliphatic rings. The minimum atomic E-state index is 0.767. The van der Waals surface area contributed by atoms with Gasteiger partial charge in [-0.2, -0.15) is 0 Å². The van der Waals surface area contributed by atoms with Crippen molar-refractivity contribution >= 4 is 54.6 Å². The van der Waals surface area contributed by atoms with Gasteiger partial charge in [-0.3, -0.25) is 0 Å². The van der Waals surface area contributed by atoms with E-state index in [1.54, 1.807) is 0 Å². The third-order valence-electron chi connectivity index (χ3n) is 9.91. The second-order valence-corrected chi connectivity index (χ2v) is 13.4. The lowest BCUT2D eigenvalue weighted by Gasteiger charge is -2.08. The number of hydrogen-bond donors (Lipinski definition) is 0. The van der Waals surface area contributed by atoms with Crippen molar-refractivity contribution in [1.82, 2.24) is 0 Å². The van der Waals surface area contributed by atoms with Crippen molar-refractivity contribution in [1.29, 1.82) is 0 Å². The summed E-state index contributed by atoms with van der Waals surface area (Å²) >= 11 is 0. The van der Waals surface area contributed by atoms with Crippen molar-refractivity contribution in [2.75, 3.05) is 19.8 Å². The van der Waals surface area contributed by atoms with Gasteiger partial charge in [0.25, 0.3) is 0 Å². The Morgan fingerprint density at radius 3 is 1.58 bits per heavy atom. The van der Waals surface area contributed by atoms with E-state index in [2.05, 4.69) is 123 Å². The van der Waals surface area contributed by atoms with E-state index >= 15 is 0 Å². The fourth-order valence-corrected chi connectivity index (χ4v) is 7.27. The predicted octanol–water partition coefficient (Wildman–Crippen LogP) is 13.3. The number of unbranched alkanes of at least 4 members (excludes halogenated alkanes) is 3. The van der Waals surface area contributed by atoms with Gasteiger partial charge >= 0.3 is 0 Å². The topological polar surface area (TPSA) is 44.7 Å². The minimum absolute atomic E-state index is 0.767. The molecule has 8 aromatic rings. The molecule has 0 spiro atoms. The van der Waals surface area contributed by atoms with E-state index in [1.165, 1.54) is 41.3 Å². The van der Waals surface area contributed by atoms with Crippen LogP contribution in [0.4, 0.5) is 0 Å². The molecule has 0 aliphatic heterocycles. The summed E-state index contributed by atoms with van der Waals surface area (Å²) in [5.41, 5.74) is 9.61. The molecular formula is C46H44O4. The molecule has 0 saturated heterocycles. The molecule has 50 heavy (non-hydrogen) atoms. The SMILES string of the molecule is CCCCCCOc1ccc(-c2ccc3oc4ccc5c(ccc6oc7ccc(-c8ccc(CCCOCCC)cc8)cc7c65)c4c3c2)cc1. The Morgan fingerprint density at radius 2 is 1.00 bits per heavy atom. The van der Waals surface area contributed by atoms with Gasteiger partial charge in [0.05, 0.1) is 6.61 Å². The summed E-state index contributed by atoms with van der Waals surface area (Å²) in [5.74, 6) is 0.923. The van der Waals surface area contributed by atoms with Crippen LogP contribution in [0.3, 0.4) is 0 Å². The Bertz CT molecular complexity index is 2220. The molecule has 0 aliphatic carbocycles. The molecule has 8 rings (SSSR count). The van der Waals surface area contributed by atoms with Crippen molar-refractivity contribution < 1.29 is 18.3 Å². The second-order valence-electron chi connectivity index (χ2n) is 13.4. The number of furan rings is 2. The zero-order chi connectivity index (χ0) is 33.9. The van der Waals surface area contributed by atoms with E-state index in [0.717, 1.165) is 112 Å². The molecule has 252 valence electrons. The van der Waals surface area contributed by atoms with E-state index in [-0.39, 0.29) is 0 Å². The molecule has 0 amide bonds. The molecule has 0 radical (unpaired) electrons. The first-order valence-corrected chi connectivity index (χ1v) is 18.3. The summed E-state index contributed by atoms with van der Waals surface area (Å²) in [5, 5.41) is 6.85. The molecule has 0 saturated carbocycles. The molecule has 4 heteroatoms. The molecule has 0 bridgehead atoms. The summed E-state index contributed by atoms with van der Waals surface area (Å²) in [4.78, 5) is 0. The van der Waals surface area contributed by atoms with E-state index in [0.29, 0.717) is 0 Å². The fraction of sp³-hybridized carbons (Fsp3) is 0.261. The van der Waals surface area contributed by atoms with Gasteiger partial charge in [0.15, 0.2) is 0 Å². The number of fused-ring (bicyclic) bond motifs is 9. The average molecular weight is 661 g/mol. The Kier molecular flexibility index (Phi) is 9.28. The van der Waals surface area contributed by atoms with Gasteiger partial charge in [-0.1, -0.05) is 81.6 Å². The smallest absolute Gasteiger partial charge is 0.136 e. The zero-order valence-corrected chi connectivity index (χ0v) is 29.1. The van der Waals surface area contributed by atoms with Gasteiger partial charge in [0, 0.05) is 34.8 Å². The summed E-state index contributed by atoms with van der Waals surface area (Å²) < 4.78 is 24.5. The number of hydrogen-bond acceptors (Lipinski definition) is 4. The molecule has 0 fully saturated rings. The second kappa shape index (κ2) is 14.4. The van der Waals surface area contributed by atoms with Gasteiger partial charge in [-0.25, -0.2) is 0 Å². The van der Waals surface area contributed by atoms with Crippen LogP contribution in [-0.2, 0) is 11.2 Å². The van der Waals surface area contributed by atoms with Crippen LogP contribution < -0.4 is 4.74 Å². The van der Waals surface area contributed by atoms with Gasteiger partial charge < -0.3 is 18.3 Å². The summed E-state index contributed by atoms with van der Waals surface area (Å²) in [6.07, 6.45) is 7.95. The summed E-state index contributed by atoms with van der Waals surface area (Å²) in [6, 6.07) is 39.1. The van der Waals surface area contributed by atoms with E-state index < -0.39 is 0 Å². The standard InChI is InChI=1S/C46H44O4/c1-3-5-6-7-28-48-36-18-14-33(15-19-36)35-17-23-42-40(30-35)46-38-21-24-43-45(37(38)20-25-44(46)50-42)39-29-34(16-22-41(39)49-43)32-12-10-31(11-13-32)9-8-27-47-26-4-2/h10-25,29-30H,3-9,26-28H2,1-2H3. The highest BCUT2D eigenvalue weighted by Gasteiger charge is 2.17. The first kappa shape index (κ1) is 32.2. The van der Waals surface area contributed by atoms with Crippen LogP contribution in [0.1, 0.15) is 57.9 Å². The van der Waals surface area contributed by atoms with Crippen LogP contribution in [0.25, 0.3) is 76.9 Å². The van der Waals surface area contributed by atoms with Crippen molar-refractivity contribution in [2.45, 2.75) is 58.8 Å². The van der Waals surface area contributed by atoms with Crippen LogP contribution in [0.15, 0.2) is 118 Å². The normalized spacial score (nSPS) is 11.9. The maximum atomic E-state index is 6.41. The molecular weight excluding hydrogens is 617 g/mol. The van der Waals surface area contributed by atoms with Crippen LogP contribution >= 0.6 is 0 Å². The molecule has 0 atom stereocenters. The maximum Gasteiger partial charge on any atom is 0.136 e. The molecule has 6 aromatic carbocycles. The number of rotatable bonds is 14. The lowest BCUT2D eigenvalue weighted by Crippen LogP contribution is -1.97. The third-order valence-corrected chi connectivity index (χ3v) is 9.91. The Balaban J connectivity index is 1.12. The zero-order valence-electron chi connectivity index (χ0n) is 29.1. The average Bonchev–Trinajstić information content (AvgIpc) is 3.73. The van der Waals surface area contributed by atoms with Crippen molar-refractivity contribution in [3.05, 3.63) is 115 Å². The monoisotopic (exact) mass is 660 g/mol. The van der Waals surface area contributed by atoms with Crippen LogP contribution in [0, 0.1) is 0 Å². The van der Waals surface area contributed by atoms with Crippen LogP contribution in [0.2, 0.25) is 0 Å². The van der Waals surface area contributed by atoms with E-state index in [4.69, 9.17) is 18.3 Å². The third kappa shape index (κ3) is 6.36. The maximum absolute atomic E-state index is 6.41. The van der Waals surface area contributed by atoms with Crippen LogP contribution in [-0.4, -0.2) is 19.8 Å². The molecule has 2 heterocycles. The van der Waals surface area contributed by atoms with E-state index in [9.17, 15) is 0 Å². The summed E-state index contributed by atoms with van der Waals surface area (Å²) in [7, 11) is 0. The minimum Gasteiger partial charge on any atom is -0.494 e. The number of benzene rings is 6. The predicted molar refractivity (Wildman–Crippen MR) is 208 cm³/mol. The van der Waals surface area contributed by atoms with Crippen molar-refractivity contribution in [2.24, 2.45) is 0 Å². The highest BCUT2D eigenvalue weighted by Crippen LogP contribution is 2.42. The first-order chi connectivity index (χ1) is 24.7. The molecule has 4 nitrogen and oxygen atoms in total. The van der Waals surface area contributed by atoms with Crippen molar-refractivity contribution in [3.63, 3.8) is 0 Å².